The molecule has 0 heterocycles. The summed E-state index contributed by atoms with van der Waals surface area (Å²) < 4.78 is 17.7. The van der Waals surface area contributed by atoms with Crippen LogP contribution >= 0.6 is 11.8 Å². The molecule has 0 spiro atoms. The summed E-state index contributed by atoms with van der Waals surface area (Å²) in [6.07, 6.45) is 0. The molecule has 3 rings (SSSR count). The lowest BCUT2D eigenvalue weighted by Crippen LogP contribution is -2.30. The minimum Gasteiger partial charge on any atom is -0.480 e. The van der Waals surface area contributed by atoms with Crippen molar-refractivity contribution in [2.75, 3.05) is 0 Å². The van der Waals surface area contributed by atoms with Crippen molar-refractivity contribution < 1.29 is 23.8 Å². The van der Waals surface area contributed by atoms with Crippen LogP contribution in [0.5, 0.6) is 0 Å². The minimum absolute atomic E-state index is 0.0641. The molecule has 29 heavy (non-hydrogen) atoms. The summed E-state index contributed by atoms with van der Waals surface area (Å²) >= 11 is 0.598. The number of ether oxygens (including phenoxy) is 1. The molecule has 0 bridgehead atoms. The fraction of sp³-hybridized carbons (Fsp3) is 0.130. The van der Waals surface area contributed by atoms with Crippen molar-refractivity contribution in [3.05, 3.63) is 95.8 Å². The van der Waals surface area contributed by atoms with Crippen molar-refractivity contribution in [2.45, 2.75) is 18.3 Å². The predicted molar refractivity (Wildman–Crippen MR) is 111 cm³/mol. The van der Waals surface area contributed by atoms with Crippen LogP contribution in [0.1, 0.15) is 18.1 Å². The van der Waals surface area contributed by atoms with Crippen LogP contribution in [0.4, 0.5) is 9.18 Å². The summed E-state index contributed by atoms with van der Waals surface area (Å²) in [5.74, 6) is -1.53. The molecule has 0 fully saturated rings. The zero-order valence-corrected chi connectivity index (χ0v) is 16.5. The maximum atomic E-state index is 14.0. The van der Waals surface area contributed by atoms with E-state index in [2.05, 4.69) is 0 Å². The number of carbonyl (C=O) groups excluding carboxylic acids is 1. The van der Waals surface area contributed by atoms with Crippen molar-refractivity contribution >= 4 is 23.0 Å². The van der Waals surface area contributed by atoms with E-state index in [-0.39, 0.29) is 12.4 Å². The number of benzene rings is 3. The number of carboxylic acid groups (broad SMARTS) is 1. The first-order valence-electron chi connectivity index (χ1n) is 8.88. The molecule has 1 N–H and O–H groups in total. The Hall–Kier alpha value is -3.12. The summed E-state index contributed by atoms with van der Waals surface area (Å²) in [6.45, 7) is 1.51. The largest absolute Gasteiger partial charge is 0.480 e. The van der Waals surface area contributed by atoms with E-state index < -0.39 is 16.0 Å². The fourth-order valence-electron chi connectivity index (χ4n) is 2.80. The number of thioether (sulfide) groups is 1. The molecular formula is C23H19FO4S. The second-order valence-corrected chi connectivity index (χ2v) is 7.88. The quantitative estimate of drug-likeness (QED) is 0.516. The van der Waals surface area contributed by atoms with Crippen LogP contribution in [0.3, 0.4) is 0 Å². The Bertz CT molecular complexity index is 1000. The Morgan fingerprint density at radius 1 is 0.966 bits per heavy atom. The van der Waals surface area contributed by atoms with Crippen LogP contribution in [0.25, 0.3) is 11.1 Å². The average molecular weight is 410 g/mol. The van der Waals surface area contributed by atoms with E-state index in [4.69, 9.17) is 4.74 Å². The predicted octanol–water partition coefficient (Wildman–Crippen LogP) is 5.86. The van der Waals surface area contributed by atoms with Gasteiger partial charge in [-0.3, -0.25) is 4.79 Å². The van der Waals surface area contributed by atoms with Crippen LogP contribution in [0, 0.1) is 5.82 Å². The van der Waals surface area contributed by atoms with Crippen LogP contribution in [0.15, 0.2) is 78.9 Å². The third-order valence-corrected chi connectivity index (χ3v) is 5.62. The first-order valence-corrected chi connectivity index (χ1v) is 9.70. The van der Waals surface area contributed by atoms with Gasteiger partial charge in [-0.1, -0.05) is 72.8 Å². The molecule has 0 radical (unpaired) electrons. The molecule has 3 aromatic rings. The smallest absolute Gasteiger partial charge is 0.369 e. The van der Waals surface area contributed by atoms with Gasteiger partial charge in [0.05, 0.1) is 0 Å². The molecule has 3 aromatic carbocycles. The van der Waals surface area contributed by atoms with Gasteiger partial charge in [0, 0.05) is 5.56 Å². The molecule has 0 amide bonds. The lowest BCUT2D eigenvalue weighted by atomic mass is 9.96. The molecule has 0 saturated carbocycles. The third-order valence-electron chi connectivity index (χ3n) is 4.52. The van der Waals surface area contributed by atoms with Gasteiger partial charge in [0.2, 0.25) is 0 Å². The van der Waals surface area contributed by atoms with Gasteiger partial charge in [0.1, 0.15) is 17.2 Å². The summed E-state index contributed by atoms with van der Waals surface area (Å²) in [5.41, 5.74) is 2.27. The van der Waals surface area contributed by atoms with E-state index in [1.54, 1.807) is 42.5 Å². The van der Waals surface area contributed by atoms with Crippen LogP contribution < -0.4 is 0 Å². The molecule has 0 aliphatic rings. The number of hydrogen-bond acceptors (Lipinski definition) is 4. The highest BCUT2D eigenvalue weighted by molar-refractivity contribution is 8.14. The van der Waals surface area contributed by atoms with E-state index in [0.29, 0.717) is 28.5 Å². The summed E-state index contributed by atoms with van der Waals surface area (Å²) in [5, 5.41) is 9.08. The summed E-state index contributed by atoms with van der Waals surface area (Å²) in [7, 11) is 0. The minimum atomic E-state index is -1.54. The zero-order valence-electron chi connectivity index (χ0n) is 15.7. The highest BCUT2D eigenvalue weighted by atomic mass is 32.2. The van der Waals surface area contributed by atoms with E-state index in [9.17, 15) is 19.1 Å². The topological polar surface area (TPSA) is 63.6 Å². The molecule has 0 aliphatic heterocycles. The second-order valence-electron chi connectivity index (χ2n) is 6.52. The van der Waals surface area contributed by atoms with Crippen molar-refractivity contribution in [3.8, 4) is 11.1 Å². The molecule has 4 nitrogen and oxygen atoms in total. The number of carbonyl (C=O) groups is 2. The highest BCUT2D eigenvalue weighted by Crippen LogP contribution is 2.39. The van der Waals surface area contributed by atoms with Crippen LogP contribution in [-0.2, 0) is 20.9 Å². The molecule has 148 valence electrons. The van der Waals surface area contributed by atoms with E-state index >= 15 is 0 Å². The van der Waals surface area contributed by atoms with Gasteiger partial charge >= 0.3 is 11.3 Å². The van der Waals surface area contributed by atoms with E-state index in [0.717, 1.165) is 5.56 Å². The maximum absolute atomic E-state index is 14.0. The highest BCUT2D eigenvalue weighted by Gasteiger charge is 2.39. The maximum Gasteiger partial charge on any atom is 0.369 e. The molecule has 0 saturated heterocycles. The Balaban J connectivity index is 1.76. The van der Waals surface area contributed by atoms with Gasteiger partial charge in [-0.15, -0.1) is 0 Å². The number of rotatable bonds is 6. The molecular weight excluding hydrogens is 391 g/mol. The molecule has 0 aliphatic carbocycles. The van der Waals surface area contributed by atoms with Gasteiger partial charge in [0.15, 0.2) is 0 Å². The van der Waals surface area contributed by atoms with Gasteiger partial charge in [-0.05, 0) is 41.4 Å². The zero-order chi connectivity index (χ0) is 20.9. The van der Waals surface area contributed by atoms with E-state index in [1.165, 1.54) is 13.0 Å². The van der Waals surface area contributed by atoms with Crippen molar-refractivity contribution in [1.29, 1.82) is 0 Å². The number of hydrogen-bond donors (Lipinski definition) is 1. The third kappa shape index (κ3) is 4.84. The SMILES string of the molecule is CC(SC(=O)OCc1ccccc1)(C(=O)O)c1ccc(-c2ccccc2F)cc1. The molecule has 1 atom stereocenters. The first-order chi connectivity index (χ1) is 13.9. The summed E-state index contributed by atoms with van der Waals surface area (Å²) in [4.78, 5) is 24.2. The first kappa shape index (κ1) is 20.6. The Morgan fingerprint density at radius 2 is 1.59 bits per heavy atom. The van der Waals surface area contributed by atoms with Gasteiger partial charge in [-0.2, -0.15) is 0 Å². The van der Waals surface area contributed by atoms with Gasteiger partial charge in [-0.25, -0.2) is 9.18 Å². The van der Waals surface area contributed by atoms with Crippen molar-refractivity contribution in [2.24, 2.45) is 0 Å². The van der Waals surface area contributed by atoms with Gasteiger partial charge in [0.25, 0.3) is 0 Å². The lowest BCUT2D eigenvalue weighted by molar-refractivity contribution is -0.139. The normalized spacial score (nSPS) is 12.8. The van der Waals surface area contributed by atoms with Crippen molar-refractivity contribution in [1.82, 2.24) is 0 Å². The van der Waals surface area contributed by atoms with E-state index in [1.807, 2.05) is 30.3 Å². The fourth-order valence-corrected chi connectivity index (χ4v) is 3.59. The van der Waals surface area contributed by atoms with Crippen LogP contribution in [0.2, 0.25) is 0 Å². The average Bonchev–Trinajstić information content (AvgIpc) is 2.73. The molecule has 0 aromatic heterocycles. The Morgan fingerprint density at radius 3 is 2.21 bits per heavy atom. The lowest BCUT2D eigenvalue weighted by Gasteiger charge is -2.23. The number of aliphatic carboxylic acids is 1. The monoisotopic (exact) mass is 410 g/mol. The van der Waals surface area contributed by atoms with Crippen LogP contribution in [-0.4, -0.2) is 16.4 Å². The number of carboxylic acids is 1. The number of halogens is 1. The second kappa shape index (κ2) is 8.92. The summed E-state index contributed by atoms with van der Waals surface area (Å²) in [6, 6.07) is 22.0. The van der Waals surface area contributed by atoms with Crippen molar-refractivity contribution in [3.63, 3.8) is 0 Å². The van der Waals surface area contributed by atoms with Gasteiger partial charge < -0.3 is 9.84 Å². The molecule has 1 unspecified atom stereocenters. The Kier molecular flexibility index (Phi) is 6.34. The Labute approximate surface area is 172 Å². The standard InChI is InChI=1S/C23H19FO4S/c1-23(21(25)26,29-22(27)28-15-16-7-3-2-4-8-16)18-13-11-17(12-14-18)19-9-5-6-10-20(19)24/h2-14H,15H2,1H3,(H,25,26). The molecule has 6 heteroatoms.